The summed E-state index contributed by atoms with van der Waals surface area (Å²) in [5.41, 5.74) is 7.95. The Hall–Kier alpha value is -3.97. The Bertz CT molecular complexity index is 1430. The Labute approximate surface area is 223 Å². The highest BCUT2D eigenvalue weighted by molar-refractivity contribution is 5.92. The predicted molar refractivity (Wildman–Crippen MR) is 152 cm³/mol. The summed E-state index contributed by atoms with van der Waals surface area (Å²) in [5, 5.41) is 13.5. The normalized spacial score (nSPS) is 14.8. The Kier molecular flexibility index (Phi) is 8.14. The first-order valence-corrected chi connectivity index (χ1v) is 13.5. The number of nitrogen functional groups attached to an aromatic ring is 1. The lowest BCUT2D eigenvalue weighted by Crippen LogP contribution is -2.50. The SMILES string of the molecule is Nc1nccc2cc(CNC(=O)[C@H](Cc3cccc4ccccc34)NC(=O)CNC3CCCCC3)ccc12. The molecule has 7 nitrogen and oxygen atoms in total. The highest BCUT2D eigenvalue weighted by Gasteiger charge is 2.23. The van der Waals surface area contributed by atoms with Gasteiger partial charge in [0.25, 0.3) is 0 Å². The molecule has 0 aliphatic heterocycles. The topological polar surface area (TPSA) is 109 Å². The van der Waals surface area contributed by atoms with Gasteiger partial charge in [0.15, 0.2) is 0 Å². The largest absolute Gasteiger partial charge is 0.383 e. The van der Waals surface area contributed by atoms with Crippen molar-refractivity contribution in [1.82, 2.24) is 20.9 Å². The van der Waals surface area contributed by atoms with Crippen molar-refractivity contribution in [2.45, 2.75) is 57.2 Å². The quantitative estimate of drug-likeness (QED) is 0.270. The van der Waals surface area contributed by atoms with E-state index in [1.165, 1.54) is 19.3 Å². The minimum atomic E-state index is -0.693. The fourth-order valence-electron chi connectivity index (χ4n) is 5.36. The maximum atomic E-state index is 13.4. The van der Waals surface area contributed by atoms with Crippen LogP contribution in [0.25, 0.3) is 21.5 Å². The van der Waals surface area contributed by atoms with Gasteiger partial charge in [-0.1, -0.05) is 73.9 Å². The van der Waals surface area contributed by atoms with Crippen LogP contribution in [0.2, 0.25) is 0 Å². The van der Waals surface area contributed by atoms with E-state index in [0.29, 0.717) is 24.8 Å². The van der Waals surface area contributed by atoms with Gasteiger partial charge in [0.1, 0.15) is 11.9 Å². The first kappa shape index (κ1) is 25.7. The van der Waals surface area contributed by atoms with Gasteiger partial charge in [0.2, 0.25) is 11.8 Å². The van der Waals surface area contributed by atoms with E-state index in [0.717, 1.165) is 45.5 Å². The third kappa shape index (κ3) is 6.29. The molecule has 0 unspecified atom stereocenters. The van der Waals surface area contributed by atoms with Crippen LogP contribution in [0.1, 0.15) is 43.2 Å². The van der Waals surface area contributed by atoms with Crippen molar-refractivity contribution in [1.29, 1.82) is 0 Å². The molecule has 0 saturated heterocycles. The van der Waals surface area contributed by atoms with Gasteiger partial charge in [-0.3, -0.25) is 9.59 Å². The highest BCUT2D eigenvalue weighted by Crippen LogP contribution is 2.22. The van der Waals surface area contributed by atoms with Gasteiger partial charge in [-0.15, -0.1) is 0 Å². The van der Waals surface area contributed by atoms with Gasteiger partial charge in [-0.05, 0) is 52.3 Å². The first-order chi connectivity index (χ1) is 18.6. The lowest BCUT2D eigenvalue weighted by molar-refractivity contribution is -0.128. The second-order valence-electron chi connectivity index (χ2n) is 10.1. The molecule has 1 atom stereocenters. The van der Waals surface area contributed by atoms with Crippen LogP contribution in [0.15, 0.2) is 72.9 Å². The molecule has 4 aromatic rings. The summed E-state index contributed by atoms with van der Waals surface area (Å²) in [6.07, 6.45) is 7.94. The zero-order valence-corrected chi connectivity index (χ0v) is 21.6. The average Bonchev–Trinajstić information content (AvgIpc) is 2.95. The Morgan fingerprint density at radius 2 is 1.74 bits per heavy atom. The summed E-state index contributed by atoms with van der Waals surface area (Å²) < 4.78 is 0. The van der Waals surface area contributed by atoms with Crippen LogP contribution in [0.5, 0.6) is 0 Å². The molecule has 1 aliphatic carbocycles. The minimum Gasteiger partial charge on any atom is -0.383 e. The van der Waals surface area contributed by atoms with E-state index in [1.54, 1.807) is 6.20 Å². The third-order valence-electron chi connectivity index (χ3n) is 7.44. The number of fused-ring (bicyclic) bond motifs is 2. The monoisotopic (exact) mass is 509 g/mol. The molecular formula is C31H35N5O2. The van der Waals surface area contributed by atoms with Gasteiger partial charge >= 0.3 is 0 Å². The number of rotatable bonds is 9. The molecule has 5 N–H and O–H groups in total. The number of nitrogens with one attached hydrogen (secondary N) is 3. The molecule has 5 rings (SSSR count). The Morgan fingerprint density at radius 1 is 0.921 bits per heavy atom. The second-order valence-corrected chi connectivity index (χ2v) is 10.1. The van der Waals surface area contributed by atoms with E-state index in [9.17, 15) is 9.59 Å². The number of carbonyl (C=O) groups is 2. The summed E-state index contributed by atoms with van der Waals surface area (Å²) in [6.45, 7) is 0.559. The highest BCUT2D eigenvalue weighted by atomic mass is 16.2. The van der Waals surface area contributed by atoms with E-state index in [-0.39, 0.29) is 18.4 Å². The van der Waals surface area contributed by atoms with E-state index in [4.69, 9.17) is 5.73 Å². The summed E-state index contributed by atoms with van der Waals surface area (Å²) in [6, 6.07) is 21.6. The fourth-order valence-corrected chi connectivity index (χ4v) is 5.36. The molecule has 7 heteroatoms. The minimum absolute atomic E-state index is 0.162. The maximum Gasteiger partial charge on any atom is 0.243 e. The molecule has 3 aromatic carbocycles. The molecule has 196 valence electrons. The third-order valence-corrected chi connectivity index (χ3v) is 7.44. The molecule has 2 amide bonds. The van der Waals surface area contributed by atoms with Crippen LogP contribution in [0.3, 0.4) is 0 Å². The molecule has 1 aromatic heterocycles. The number of amides is 2. The second kappa shape index (κ2) is 12.0. The molecule has 1 saturated carbocycles. The van der Waals surface area contributed by atoms with Gasteiger partial charge in [-0.2, -0.15) is 0 Å². The number of carbonyl (C=O) groups excluding carboxylic acids is 2. The number of pyridine rings is 1. The molecule has 0 bridgehead atoms. The Balaban J connectivity index is 1.29. The molecule has 0 radical (unpaired) electrons. The van der Waals surface area contributed by atoms with E-state index < -0.39 is 6.04 Å². The van der Waals surface area contributed by atoms with Crippen LogP contribution in [-0.2, 0) is 22.6 Å². The molecule has 1 aliphatic rings. The van der Waals surface area contributed by atoms with Crippen LogP contribution in [0, 0.1) is 0 Å². The van der Waals surface area contributed by atoms with Gasteiger partial charge in [-0.25, -0.2) is 4.98 Å². The molecular weight excluding hydrogens is 474 g/mol. The lowest BCUT2D eigenvalue weighted by atomic mass is 9.95. The molecule has 1 fully saturated rings. The maximum absolute atomic E-state index is 13.4. The van der Waals surface area contributed by atoms with Crippen molar-refractivity contribution in [2.75, 3.05) is 12.3 Å². The molecule has 0 spiro atoms. The van der Waals surface area contributed by atoms with Crippen molar-refractivity contribution in [2.24, 2.45) is 0 Å². The zero-order chi connectivity index (χ0) is 26.3. The van der Waals surface area contributed by atoms with Crippen LogP contribution < -0.4 is 21.7 Å². The number of hydrogen-bond donors (Lipinski definition) is 4. The number of nitrogens with zero attached hydrogens (tertiary/aromatic N) is 1. The number of aromatic nitrogens is 1. The van der Waals surface area contributed by atoms with Crippen molar-refractivity contribution in [3.8, 4) is 0 Å². The number of nitrogens with two attached hydrogens (primary N) is 1. The van der Waals surface area contributed by atoms with Gasteiger partial charge < -0.3 is 21.7 Å². The van der Waals surface area contributed by atoms with Crippen LogP contribution in [-0.4, -0.2) is 35.4 Å². The predicted octanol–water partition coefficient (Wildman–Crippen LogP) is 4.24. The first-order valence-electron chi connectivity index (χ1n) is 13.5. The molecule has 1 heterocycles. The van der Waals surface area contributed by atoms with E-state index >= 15 is 0 Å². The van der Waals surface area contributed by atoms with Crippen LogP contribution >= 0.6 is 0 Å². The van der Waals surface area contributed by atoms with Crippen molar-refractivity contribution in [3.63, 3.8) is 0 Å². The van der Waals surface area contributed by atoms with Crippen molar-refractivity contribution >= 4 is 39.2 Å². The summed E-state index contributed by atoms with van der Waals surface area (Å²) >= 11 is 0. The number of hydrogen-bond acceptors (Lipinski definition) is 5. The standard InChI is InChI=1S/C31H35N5O2/c32-30-27-14-13-21(17-24(27)15-16-33-30)19-35-31(38)28(36-29(37)20-34-25-10-2-1-3-11-25)18-23-9-6-8-22-7-4-5-12-26(22)23/h4-9,12-17,25,28,34H,1-3,10-11,18-20H2,(H2,32,33)(H,35,38)(H,36,37)/t28-/m0/s1. The van der Waals surface area contributed by atoms with Crippen molar-refractivity contribution < 1.29 is 9.59 Å². The zero-order valence-electron chi connectivity index (χ0n) is 21.6. The Morgan fingerprint density at radius 3 is 2.61 bits per heavy atom. The average molecular weight is 510 g/mol. The van der Waals surface area contributed by atoms with Crippen LogP contribution in [0.4, 0.5) is 5.82 Å². The summed E-state index contributed by atoms with van der Waals surface area (Å²) in [7, 11) is 0. The fraction of sp³-hybridized carbons (Fsp3) is 0.323. The van der Waals surface area contributed by atoms with E-state index in [1.807, 2.05) is 48.5 Å². The summed E-state index contributed by atoms with van der Waals surface area (Å²) in [4.78, 5) is 30.5. The lowest BCUT2D eigenvalue weighted by Gasteiger charge is -2.24. The number of benzene rings is 3. The van der Waals surface area contributed by atoms with E-state index in [2.05, 4.69) is 39.1 Å². The van der Waals surface area contributed by atoms with Gasteiger partial charge in [0, 0.05) is 30.6 Å². The van der Waals surface area contributed by atoms with Crippen molar-refractivity contribution in [3.05, 3.63) is 84.1 Å². The summed E-state index contributed by atoms with van der Waals surface area (Å²) in [5.74, 6) is 0.112. The smallest absolute Gasteiger partial charge is 0.243 e. The van der Waals surface area contributed by atoms with Gasteiger partial charge in [0.05, 0.1) is 6.54 Å². The molecule has 38 heavy (non-hydrogen) atoms. The number of anilines is 1.